The van der Waals surface area contributed by atoms with Crippen LogP contribution in [0.25, 0.3) is 0 Å². The Kier molecular flexibility index (Phi) is 8.99. The number of nitrogens with zero attached hydrogens (tertiary/aromatic N) is 4. The van der Waals surface area contributed by atoms with Crippen LogP contribution in [0.4, 0.5) is 5.82 Å². The van der Waals surface area contributed by atoms with E-state index in [9.17, 15) is 4.79 Å². The highest BCUT2D eigenvalue weighted by atomic mass is 16.5. The predicted octanol–water partition coefficient (Wildman–Crippen LogP) is 4.53. The first-order valence-corrected chi connectivity index (χ1v) is 13.4. The molecule has 0 radical (unpaired) electrons. The zero-order valence-corrected chi connectivity index (χ0v) is 23.1. The maximum Gasteiger partial charge on any atom is 0.259 e. The molecule has 38 heavy (non-hydrogen) atoms. The minimum atomic E-state index is -0.256. The van der Waals surface area contributed by atoms with Crippen molar-refractivity contribution in [2.75, 3.05) is 31.6 Å². The smallest absolute Gasteiger partial charge is 0.259 e. The van der Waals surface area contributed by atoms with Gasteiger partial charge in [-0.3, -0.25) is 4.79 Å². The fraction of sp³-hybridized carbons (Fsp3) is 0.517. The topological polar surface area (TPSA) is 105 Å². The number of piperidine rings is 1. The number of hydrogen-bond acceptors (Lipinski definition) is 8. The lowest BCUT2D eigenvalue weighted by molar-refractivity contribution is 0.0561. The summed E-state index contributed by atoms with van der Waals surface area (Å²) in [4.78, 5) is 29.8. The van der Waals surface area contributed by atoms with Gasteiger partial charge in [-0.25, -0.2) is 15.0 Å². The molecule has 0 aromatic carbocycles. The number of aromatic nitrogens is 3. The molecule has 2 unspecified atom stereocenters. The van der Waals surface area contributed by atoms with Crippen LogP contribution >= 0.6 is 0 Å². The summed E-state index contributed by atoms with van der Waals surface area (Å²) in [6.07, 6.45) is 5.88. The molecule has 2 N–H and O–H groups in total. The van der Waals surface area contributed by atoms with Crippen LogP contribution in [-0.4, -0.2) is 58.0 Å². The minimum absolute atomic E-state index is 0.0243. The van der Waals surface area contributed by atoms with E-state index in [2.05, 4.69) is 55.2 Å². The lowest BCUT2D eigenvalue weighted by atomic mass is 9.94. The fourth-order valence-electron chi connectivity index (χ4n) is 4.57. The molecule has 1 amide bonds. The Balaban J connectivity index is 1.55. The van der Waals surface area contributed by atoms with Gasteiger partial charge in [0.25, 0.3) is 5.91 Å². The molecule has 1 fully saturated rings. The van der Waals surface area contributed by atoms with E-state index in [1.165, 1.54) is 0 Å². The van der Waals surface area contributed by atoms with Crippen molar-refractivity contribution in [2.24, 2.45) is 11.8 Å². The monoisotopic (exact) mass is 520 g/mol. The van der Waals surface area contributed by atoms with E-state index in [1.807, 2.05) is 35.2 Å². The van der Waals surface area contributed by atoms with Crippen molar-refractivity contribution < 1.29 is 13.9 Å². The zero-order valence-electron chi connectivity index (χ0n) is 23.1. The highest BCUT2D eigenvalue weighted by Crippen LogP contribution is 2.26. The second-order valence-electron chi connectivity index (χ2n) is 11.4. The highest BCUT2D eigenvalue weighted by molar-refractivity contribution is 5.98. The van der Waals surface area contributed by atoms with Crippen molar-refractivity contribution in [3.8, 4) is 5.88 Å². The third kappa shape index (κ3) is 7.31. The van der Waals surface area contributed by atoms with Crippen molar-refractivity contribution in [3.05, 3.63) is 66.1 Å². The molecule has 9 nitrogen and oxygen atoms in total. The number of amides is 1. The van der Waals surface area contributed by atoms with Crippen LogP contribution < -0.4 is 15.4 Å². The van der Waals surface area contributed by atoms with E-state index >= 15 is 0 Å². The quantitative estimate of drug-likeness (QED) is 0.402. The zero-order chi connectivity index (χ0) is 27.1. The Morgan fingerprint density at radius 3 is 2.74 bits per heavy atom. The second-order valence-corrected chi connectivity index (χ2v) is 11.4. The van der Waals surface area contributed by atoms with Gasteiger partial charge in [0, 0.05) is 55.5 Å². The molecular weight excluding hydrogens is 480 g/mol. The summed E-state index contributed by atoms with van der Waals surface area (Å²) in [6, 6.07) is 9.41. The van der Waals surface area contributed by atoms with E-state index in [0.29, 0.717) is 48.7 Å². The van der Waals surface area contributed by atoms with Crippen LogP contribution in [0.3, 0.4) is 0 Å². The minimum Gasteiger partial charge on any atom is -0.477 e. The van der Waals surface area contributed by atoms with Gasteiger partial charge < -0.3 is 24.7 Å². The standard InChI is InChI=1S/C29H40N6O3/c1-20(2)18-35(22-13-21(14-30-15-22)19-38-25-10-6-7-11-31-25)27(36)24-17-33-28(29(3,4)5)34-26(24)32-16-23-9-8-12-37-23/h6-12,17,20-22,30H,13-16,18-19H2,1-5H3,(H,32,33,34). The van der Waals surface area contributed by atoms with E-state index in [1.54, 1.807) is 18.7 Å². The molecule has 3 aromatic rings. The molecule has 3 aromatic heterocycles. The summed E-state index contributed by atoms with van der Waals surface area (Å²) in [5.74, 6) is 3.09. The van der Waals surface area contributed by atoms with Gasteiger partial charge in [-0.2, -0.15) is 0 Å². The highest BCUT2D eigenvalue weighted by Gasteiger charge is 2.33. The van der Waals surface area contributed by atoms with E-state index in [4.69, 9.17) is 14.1 Å². The molecule has 0 saturated carbocycles. The average Bonchev–Trinajstić information content (AvgIpc) is 3.43. The van der Waals surface area contributed by atoms with Gasteiger partial charge in [-0.15, -0.1) is 0 Å². The molecule has 204 valence electrons. The molecular formula is C29H40N6O3. The number of anilines is 1. The van der Waals surface area contributed by atoms with Crippen molar-refractivity contribution in [1.82, 2.24) is 25.2 Å². The maximum absolute atomic E-state index is 14.1. The van der Waals surface area contributed by atoms with Crippen molar-refractivity contribution >= 4 is 11.7 Å². The summed E-state index contributed by atoms with van der Waals surface area (Å²) in [5, 5.41) is 6.85. The Morgan fingerprint density at radius 1 is 1.21 bits per heavy atom. The Bertz CT molecular complexity index is 1160. The van der Waals surface area contributed by atoms with Gasteiger partial charge in [0.05, 0.1) is 19.4 Å². The van der Waals surface area contributed by atoms with Gasteiger partial charge in [0.1, 0.15) is 23.0 Å². The van der Waals surface area contributed by atoms with Crippen LogP contribution in [-0.2, 0) is 12.0 Å². The molecule has 4 heterocycles. The number of rotatable bonds is 10. The Hall–Kier alpha value is -3.46. The molecule has 0 bridgehead atoms. The maximum atomic E-state index is 14.1. The summed E-state index contributed by atoms with van der Waals surface area (Å²) in [5.41, 5.74) is 0.214. The van der Waals surface area contributed by atoms with Crippen LogP contribution in [0.2, 0.25) is 0 Å². The second kappa shape index (κ2) is 12.4. The van der Waals surface area contributed by atoms with Gasteiger partial charge in [0.15, 0.2) is 0 Å². The van der Waals surface area contributed by atoms with Crippen LogP contribution in [0.15, 0.2) is 53.4 Å². The van der Waals surface area contributed by atoms with Gasteiger partial charge in [-0.05, 0) is 30.5 Å². The number of pyridine rings is 1. The molecule has 4 rings (SSSR count). The van der Waals surface area contributed by atoms with Gasteiger partial charge in [-0.1, -0.05) is 40.7 Å². The molecule has 0 spiro atoms. The Labute approximate surface area is 225 Å². The van der Waals surface area contributed by atoms with Crippen LogP contribution in [0.1, 0.15) is 63.0 Å². The van der Waals surface area contributed by atoms with Gasteiger partial charge in [0.2, 0.25) is 5.88 Å². The van der Waals surface area contributed by atoms with Crippen LogP contribution in [0, 0.1) is 11.8 Å². The van der Waals surface area contributed by atoms with E-state index in [-0.39, 0.29) is 23.3 Å². The number of carbonyl (C=O) groups excluding carboxylic acids is 1. The normalized spacial score (nSPS) is 17.8. The molecule has 1 saturated heterocycles. The van der Waals surface area contributed by atoms with Crippen LogP contribution in [0.5, 0.6) is 5.88 Å². The largest absolute Gasteiger partial charge is 0.477 e. The Morgan fingerprint density at radius 2 is 2.05 bits per heavy atom. The molecule has 1 aliphatic heterocycles. The first-order valence-electron chi connectivity index (χ1n) is 13.4. The lowest BCUT2D eigenvalue weighted by Crippen LogP contribution is -2.53. The third-order valence-electron chi connectivity index (χ3n) is 6.49. The SMILES string of the molecule is CC(C)CN(C(=O)c1cnc(C(C)(C)C)nc1NCc1ccco1)C1CNCC(COc2ccccn2)C1. The average molecular weight is 521 g/mol. The summed E-state index contributed by atoms with van der Waals surface area (Å²) < 4.78 is 11.4. The van der Waals surface area contributed by atoms with Crippen molar-refractivity contribution in [1.29, 1.82) is 0 Å². The van der Waals surface area contributed by atoms with E-state index < -0.39 is 0 Å². The first kappa shape index (κ1) is 27.6. The number of hydrogen-bond donors (Lipinski definition) is 2. The molecule has 2 atom stereocenters. The number of carbonyl (C=O) groups is 1. The molecule has 1 aliphatic rings. The number of furan rings is 1. The summed E-state index contributed by atoms with van der Waals surface area (Å²) in [6.45, 7) is 13.6. The van der Waals surface area contributed by atoms with Crippen molar-refractivity contribution in [3.63, 3.8) is 0 Å². The summed E-state index contributed by atoms with van der Waals surface area (Å²) >= 11 is 0. The van der Waals surface area contributed by atoms with Gasteiger partial charge >= 0.3 is 0 Å². The third-order valence-corrected chi connectivity index (χ3v) is 6.49. The molecule has 9 heteroatoms. The lowest BCUT2D eigenvalue weighted by Gasteiger charge is -2.39. The molecule has 0 aliphatic carbocycles. The number of nitrogens with one attached hydrogen (secondary N) is 2. The van der Waals surface area contributed by atoms with E-state index in [0.717, 1.165) is 25.3 Å². The first-order chi connectivity index (χ1) is 18.2. The summed E-state index contributed by atoms with van der Waals surface area (Å²) in [7, 11) is 0. The number of ether oxygens (including phenoxy) is 1. The predicted molar refractivity (Wildman–Crippen MR) is 147 cm³/mol. The van der Waals surface area contributed by atoms with Crippen molar-refractivity contribution in [2.45, 2.75) is 59.0 Å². The fourth-order valence-corrected chi connectivity index (χ4v) is 4.57.